The number of halogens is 1. The molecule has 1 amide bonds. The molecule has 0 aromatic carbocycles. The maximum atomic E-state index is 12.0. The lowest BCUT2D eigenvalue weighted by atomic mass is 9.95. The fourth-order valence-corrected chi connectivity index (χ4v) is 3.57. The van der Waals surface area contributed by atoms with Crippen LogP contribution in [0.15, 0.2) is 11.4 Å². The van der Waals surface area contributed by atoms with Gasteiger partial charge in [-0.2, -0.15) is 0 Å². The zero-order valence-electron chi connectivity index (χ0n) is 10.0. The van der Waals surface area contributed by atoms with Gasteiger partial charge in [-0.3, -0.25) is 4.79 Å². The van der Waals surface area contributed by atoms with Crippen LogP contribution >= 0.6 is 22.9 Å². The van der Waals surface area contributed by atoms with Crippen molar-refractivity contribution in [2.75, 3.05) is 0 Å². The predicted octanol–water partition coefficient (Wildman–Crippen LogP) is 3.79. The molecule has 0 spiro atoms. The topological polar surface area (TPSA) is 29.1 Å². The van der Waals surface area contributed by atoms with Crippen LogP contribution in [0.4, 0.5) is 0 Å². The van der Waals surface area contributed by atoms with Crippen LogP contribution in [-0.2, 0) is 4.79 Å². The average molecular weight is 272 g/mol. The number of amides is 1. The highest BCUT2D eigenvalue weighted by Crippen LogP contribution is 2.29. The summed E-state index contributed by atoms with van der Waals surface area (Å²) >= 11 is 7.78. The maximum Gasteiger partial charge on any atom is 0.243 e. The molecule has 1 unspecified atom stereocenters. The van der Waals surface area contributed by atoms with Crippen molar-refractivity contribution >= 4 is 28.8 Å². The Morgan fingerprint density at radius 3 is 2.76 bits per heavy atom. The summed E-state index contributed by atoms with van der Waals surface area (Å²) < 4.78 is 0. The molecule has 4 heteroatoms. The molecule has 1 atom stereocenters. The summed E-state index contributed by atoms with van der Waals surface area (Å²) in [5, 5.41) is 4.52. The van der Waals surface area contributed by atoms with Crippen molar-refractivity contribution in [2.45, 2.75) is 50.4 Å². The zero-order chi connectivity index (χ0) is 12.3. The summed E-state index contributed by atoms with van der Waals surface area (Å²) in [6.45, 7) is 2.00. The van der Waals surface area contributed by atoms with Crippen LogP contribution in [0.5, 0.6) is 0 Å². The van der Waals surface area contributed by atoms with Crippen molar-refractivity contribution in [3.63, 3.8) is 0 Å². The van der Waals surface area contributed by atoms with Crippen molar-refractivity contribution in [1.29, 1.82) is 0 Å². The second-order valence-electron chi connectivity index (χ2n) is 4.67. The van der Waals surface area contributed by atoms with Gasteiger partial charge in [0.25, 0.3) is 0 Å². The molecule has 94 valence electrons. The number of rotatable bonds is 3. The minimum absolute atomic E-state index is 0.0379. The Bertz CT molecular complexity index is 385. The van der Waals surface area contributed by atoms with E-state index in [9.17, 15) is 4.79 Å². The Morgan fingerprint density at radius 1 is 1.47 bits per heavy atom. The smallest absolute Gasteiger partial charge is 0.243 e. The Hall–Kier alpha value is -0.540. The van der Waals surface area contributed by atoms with E-state index in [1.54, 1.807) is 11.3 Å². The molecule has 1 aliphatic carbocycles. The lowest BCUT2D eigenvalue weighted by molar-refractivity contribution is -0.121. The Morgan fingerprint density at radius 2 is 2.18 bits per heavy atom. The van der Waals surface area contributed by atoms with Crippen molar-refractivity contribution < 1.29 is 4.79 Å². The van der Waals surface area contributed by atoms with Gasteiger partial charge in [0.15, 0.2) is 0 Å². The van der Waals surface area contributed by atoms with E-state index in [1.165, 1.54) is 19.3 Å². The lowest BCUT2D eigenvalue weighted by Gasteiger charge is -2.23. The van der Waals surface area contributed by atoms with E-state index in [1.807, 2.05) is 18.4 Å². The standard InChI is InChI=1S/C13H18ClNOS/c1-9-7-8-17-12(9)11(14)13(16)15-10-5-3-2-4-6-10/h7-8,10-11H,2-6H2,1H3,(H,15,16). The van der Waals surface area contributed by atoms with E-state index < -0.39 is 5.38 Å². The largest absolute Gasteiger partial charge is 0.352 e. The summed E-state index contributed by atoms with van der Waals surface area (Å²) in [5.41, 5.74) is 1.11. The highest BCUT2D eigenvalue weighted by Gasteiger charge is 2.24. The van der Waals surface area contributed by atoms with Gasteiger partial charge in [0.05, 0.1) is 0 Å². The predicted molar refractivity (Wildman–Crippen MR) is 72.7 cm³/mol. The number of carbonyl (C=O) groups is 1. The van der Waals surface area contributed by atoms with Crippen molar-refractivity contribution in [1.82, 2.24) is 5.32 Å². The molecule has 0 aliphatic heterocycles. The molecule has 0 saturated heterocycles. The summed E-state index contributed by atoms with van der Waals surface area (Å²) in [6, 6.07) is 2.33. The molecule has 1 aromatic rings. The van der Waals surface area contributed by atoms with E-state index >= 15 is 0 Å². The first kappa shape index (κ1) is 12.9. The normalized spacial score (nSPS) is 18.9. The monoisotopic (exact) mass is 271 g/mol. The molecule has 17 heavy (non-hydrogen) atoms. The molecule has 1 heterocycles. The molecule has 1 fully saturated rings. The Balaban J connectivity index is 1.93. The first-order valence-corrected chi connectivity index (χ1v) is 7.48. The quantitative estimate of drug-likeness (QED) is 0.833. The van der Waals surface area contributed by atoms with Gasteiger partial charge in [-0.25, -0.2) is 0 Å². The Kier molecular flexibility index (Phi) is 4.46. The molecule has 2 nitrogen and oxygen atoms in total. The zero-order valence-corrected chi connectivity index (χ0v) is 11.6. The maximum absolute atomic E-state index is 12.0. The number of carbonyl (C=O) groups excluding carboxylic acids is 1. The number of alkyl halides is 1. The third-order valence-electron chi connectivity index (χ3n) is 3.31. The van der Waals surface area contributed by atoms with Gasteiger partial charge in [-0.1, -0.05) is 19.3 Å². The van der Waals surface area contributed by atoms with E-state index in [4.69, 9.17) is 11.6 Å². The molecule has 2 rings (SSSR count). The van der Waals surface area contributed by atoms with Crippen LogP contribution in [0, 0.1) is 6.92 Å². The van der Waals surface area contributed by atoms with Crippen LogP contribution in [-0.4, -0.2) is 11.9 Å². The fourth-order valence-electron chi connectivity index (χ4n) is 2.28. The molecular formula is C13H18ClNOS. The van der Waals surface area contributed by atoms with Crippen molar-refractivity contribution in [3.05, 3.63) is 21.9 Å². The second kappa shape index (κ2) is 5.87. The van der Waals surface area contributed by atoms with Gasteiger partial charge in [-0.15, -0.1) is 22.9 Å². The van der Waals surface area contributed by atoms with E-state index in [-0.39, 0.29) is 5.91 Å². The minimum Gasteiger partial charge on any atom is -0.352 e. The highest BCUT2D eigenvalue weighted by molar-refractivity contribution is 7.10. The minimum atomic E-state index is -0.531. The molecule has 1 N–H and O–H groups in total. The van der Waals surface area contributed by atoms with Crippen LogP contribution < -0.4 is 5.32 Å². The number of nitrogens with one attached hydrogen (secondary N) is 1. The van der Waals surface area contributed by atoms with Gasteiger partial charge in [0.2, 0.25) is 5.91 Å². The highest BCUT2D eigenvalue weighted by atomic mass is 35.5. The summed E-state index contributed by atoms with van der Waals surface area (Å²) in [6.07, 6.45) is 5.92. The molecule has 1 saturated carbocycles. The van der Waals surface area contributed by atoms with Crippen molar-refractivity contribution in [3.8, 4) is 0 Å². The molecular weight excluding hydrogens is 254 g/mol. The number of thiophene rings is 1. The van der Waals surface area contributed by atoms with Gasteiger partial charge in [0.1, 0.15) is 5.38 Å². The Labute approximate surface area is 111 Å². The number of aryl methyl sites for hydroxylation is 1. The van der Waals surface area contributed by atoms with Crippen LogP contribution in [0.2, 0.25) is 0 Å². The van der Waals surface area contributed by atoms with Gasteiger partial charge in [-0.05, 0) is 36.8 Å². The molecule has 0 radical (unpaired) electrons. The van der Waals surface area contributed by atoms with E-state index in [0.29, 0.717) is 6.04 Å². The van der Waals surface area contributed by atoms with E-state index in [2.05, 4.69) is 5.32 Å². The number of hydrogen-bond acceptors (Lipinski definition) is 2. The van der Waals surface area contributed by atoms with Crippen LogP contribution in [0.1, 0.15) is 47.9 Å². The molecule has 0 bridgehead atoms. The summed E-state index contributed by atoms with van der Waals surface area (Å²) in [4.78, 5) is 13.0. The molecule has 1 aromatic heterocycles. The lowest BCUT2D eigenvalue weighted by Crippen LogP contribution is -2.37. The second-order valence-corrected chi connectivity index (χ2v) is 6.06. The fraction of sp³-hybridized carbons (Fsp3) is 0.615. The van der Waals surface area contributed by atoms with Gasteiger partial charge in [0, 0.05) is 10.9 Å². The van der Waals surface area contributed by atoms with Gasteiger partial charge >= 0.3 is 0 Å². The van der Waals surface area contributed by atoms with Crippen LogP contribution in [0.25, 0.3) is 0 Å². The first-order chi connectivity index (χ1) is 8.18. The molecule has 1 aliphatic rings. The third kappa shape index (κ3) is 3.23. The summed E-state index contributed by atoms with van der Waals surface area (Å²) in [5.74, 6) is -0.0379. The first-order valence-electron chi connectivity index (χ1n) is 6.17. The van der Waals surface area contributed by atoms with Crippen molar-refractivity contribution in [2.24, 2.45) is 0 Å². The van der Waals surface area contributed by atoms with E-state index in [0.717, 1.165) is 23.3 Å². The SMILES string of the molecule is Cc1ccsc1C(Cl)C(=O)NC1CCCCC1. The number of hydrogen-bond donors (Lipinski definition) is 1. The average Bonchev–Trinajstić information content (AvgIpc) is 2.76. The van der Waals surface area contributed by atoms with Crippen LogP contribution in [0.3, 0.4) is 0 Å². The summed E-state index contributed by atoms with van der Waals surface area (Å²) in [7, 11) is 0. The third-order valence-corrected chi connectivity index (χ3v) is 4.94. The van der Waals surface area contributed by atoms with Gasteiger partial charge < -0.3 is 5.32 Å².